The number of carbonyl (C=O) groups is 1. The van der Waals surface area contributed by atoms with Gasteiger partial charge in [0.05, 0.1) is 28.9 Å². The molecule has 2 aromatic carbocycles. The van der Waals surface area contributed by atoms with Crippen LogP contribution in [0.3, 0.4) is 0 Å². The number of fused-ring (bicyclic) bond motifs is 1. The van der Waals surface area contributed by atoms with Gasteiger partial charge >= 0.3 is 6.18 Å². The number of hydrogen-bond acceptors (Lipinski definition) is 6. The first kappa shape index (κ1) is 28.1. The van der Waals surface area contributed by atoms with Crippen LogP contribution in [0, 0.1) is 12.7 Å². The number of aliphatic hydroxyl groups is 1. The van der Waals surface area contributed by atoms with E-state index in [-0.39, 0.29) is 45.9 Å². The summed E-state index contributed by atoms with van der Waals surface area (Å²) in [7, 11) is 0. The number of aryl methyl sites for hydroxylation is 1. The van der Waals surface area contributed by atoms with Gasteiger partial charge in [0.1, 0.15) is 23.9 Å². The van der Waals surface area contributed by atoms with Crippen LogP contribution in [-0.2, 0) is 11.1 Å². The van der Waals surface area contributed by atoms with E-state index in [2.05, 4.69) is 10.3 Å². The van der Waals surface area contributed by atoms with Crippen molar-refractivity contribution in [1.82, 2.24) is 10.3 Å². The lowest BCUT2D eigenvalue weighted by molar-refractivity contribution is -0.265. The van der Waals surface area contributed by atoms with Crippen LogP contribution < -0.4 is 20.5 Å². The molecule has 1 aromatic heterocycles. The Labute approximate surface area is 232 Å². The van der Waals surface area contributed by atoms with Crippen LogP contribution in [0.15, 0.2) is 42.5 Å². The molecule has 1 amide bonds. The minimum Gasteiger partial charge on any atom is -0.490 e. The fraction of sp³-hybridized carbons (Fsp3) is 0.357. The molecule has 3 aromatic rings. The molecule has 1 aliphatic heterocycles. The number of nitrogens with zero attached hydrogens (tertiary/aromatic N) is 1. The molecule has 2 heterocycles. The van der Waals surface area contributed by atoms with E-state index in [4.69, 9.17) is 26.8 Å². The lowest BCUT2D eigenvalue weighted by Crippen LogP contribution is -2.51. The van der Waals surface area contributed by atoms with Crippen molar-refractivity contribution in [3.63, 3.8) is 0 Å². The highest BCUT2D eigenvalue weighted by Crippen LogP contribution is 2.46. The summed E-state index contributed by atoms with van der Waals surface area (Å²) in [5, 5.41) is 13.0. The summed E-state index contributed by atoms with van der Waals surface area (Å²) in [4.78, 5) is 17.0. The minimum atomic E-state index is -5.26. The first-order valence-corrected chi connectivity index (χ1v) is 12.8. The number of pyridine rings is 1. The van der Waals surface area contributed by atoms with Crippen molar-refractivity contribution in [3.05, 3.63) is 75.7 Å². The van der Waals surface area contributed by atoms with Crippen LogP contribution >= 0.6 is 11.6 Å². The zero-order chi connectivity index (χ0) is 29.0. The molecule has 12 heteroatoms. The Kier molecular flexibility index (Phi) is 6.96. The first-order valence-electron chi connectivity index (χ1n) is 12.5. The zero-order valence-corrected chi connectivity index (χ0v) is 22.3. The van der Waals surface area contributed by atoms with Crippen LogP contribution in [0.5, 0.6) is 11.5 Å². The third-order valence-electron chi connectivity index (χ3n) is 6.95. The van der Waals surface area contributed by atoms with Crippen LogP contribution in [-0.4, -0.2) is 41.4 Å². The quantitative estimate of drug-likeness (QED) is 0.335. The molecule has 4 N–H and O–H groups in total. The summed E-state index contributed by atoms with van der Waals surface area (Å²) >= 11 is 5.91. The second-order valence-electron chi connectivity index (χ2n) is 10.4. The molecule has 5 rings (SSSR count). The molecule has 2 atom stereocenters. The average Bonchev–Trinajstić information content (AvgIpc) is 3.66. The molecule has 1 aliphatic carbocycles. The normalized spacial score (nSPS) is 19.9. The second-order valence-corrected chi connectivity index (χ2v) is 10.8. The average molecular weight is 580 g/mol. The van der Waals surface area contributed by atoms with Gasteiger partial charge in [-0.15, -0.1) is 0 Å². The Balaban J connectivity index is 1.51. The van der Waals surface area contributed by atoms with Crippen molar-refractivity contribution in [2.24, 2.45) is 5.73 Å². The monoisotopic (exact) mass is 579 g/mol. The van der Waals surface area contributed by atoms with Crippen LogP contribution in [0.2, 0.25) is 5.02 Å². The summed E-state index contributed by atoms with van der Waals surface area (Å²) in [5.74, 6) is -0.884. The summed E-state index contributed by atoms with van der Waals surface area (Å²) in [6.07, 6.45) is -3.24. The number of nitrogens with two attached hydrogens (primary N) is 1. The Morgan fingerprint density at radius 3 is 2.60 bits per heavy atom. The minimum absolute atomic E-state index is 0.0730. The van der Waals surface area contributed by atoms with Gasteiger partial charge in [-0.1, -0.05) is 11.6 Å². The lowest BCUT2D eigenvalue weighted by Gasteiger charge is -2.31. The Morgan fingerprint density at radius 2 is 1.98 bits per heavy atom. The predicted octanol–water partition coefficient (Wildman–Crippen LogP) is 5.14. The Hall–Kier alpha value is -3.41. The summed E-state index contributed by atoms with van der Waals surface area (Å²) < 4.78 is 68.7. The first-order chi connectivity index (χ1) is 18.7. The van der Waals surface area contributed by atoms with Crippen molar-refractivity contribution >= 4 is 17.5 Å². The van der Waals surface area contributed by atoms with Crippen molar-refractivity contribution in [3.8, 4) is 22.8 Å². The van der Waals surface area contributed by atoms with Gasteiger partial charge in [0, 0.05) is 16.7 Å². The maximum Gasteiger partial charge on any atom is 0.424 e. The molecule has 40 heavy (non-hydrogen) atoms. The number of hydrogen-bond donors (Lipinski definition) is 3. The predicted molar refractivity (Wildman–Crippen MR) is 139 cm³/mol. The molecule has 0 saturated heterocycles. The third-order valence-corrected chi connectivity index (χ3v) is 7.24. The number of alkyl halides is 3. The van der Waals surface area contributed by atoms with Gasteiger partial charge in [-0.3, -0.25) is 4.79 Å². The van der Waals surface area contributed by atoms with Gasteiger partial charge in [0.15, 0.2) is 5.75 Å². The second kappa shape index (κ2) is 9.90. The maximum absolute atomic E-state index is 14.5. The van der Waals surface area contributed by atoms with Gasteiger partial charge in [-0.2, -0.15) is 13.2 Å². The van der Waals surface area contributed by atoms with E-state index in [0.29, 0.717) is 11.3 Å². The van der Waals surface area contributed by atoms with Gasteiger partial charge in [-0.05, 0) is 74.7 Å². The van der Waals surface area contributed by atoms with E-state index < -0.39 is 41.3 Å². The topological polar surface area (TPSA) is 107 Å². The van der Waals surface area contributed by atoms with Crippen molar-refractivity contribution < 1.29 is 36.9 Å². The molecule has 2 aliphatic rings. The number of amides is 1. The van der Waals surface area contributed by atoms with Gasteiger partial charge in [0.2, 0.25) is 5.60 Å². The number of halogens is 5. The number of carbonyl (C=O) groups excluding carboxylic acids is 1. The fourth-order valence-electron chi connectivity index (χ4n) is 4.39. The highest BCUT2D eigenvalue weighted by molar-refractivity contribution is 6.31. The van der Waals surface area contributed by atoms with Gasteiger partial charge < -0.3 is 25.6 Å². The highest BCUT2D eigenvalue weighted by Gasteiger charge is 2.57. The van der Waals surface area contributed by atoms with E-state index in [9.17, 15) is 27.5 Å². The Bertz CT molecular complexity index is 1490. The van der Waals surface area contributed by atoms with Crippen molar-refractivity contribution in [2.45, 2.75) is 50.1 Å². The van der Waals surface area contributed by atoms with E-state index >= 15 is 0 Å². The largest absolute Gasteiger partial charge is 0.490 e. The van der Waals surface area contributed by atoms with Gasteiger partial charge in [-0.25, -0.2) is 9.37 Å². The van der Waals surface area contributed by atoms with E-state index in [1.165, 1.54) is 24.3 Å². The molecular formula is C28H26ClF4N3O4. The summed E-state index contributed by atoms with van der Waals surface area (Å²) in [5.41, 5.74) is 1.58. The number of aromatic nitrogens is 1. The third kappa shape index (κ3) is 5.21. The van der Waals surface area contributed by atoms with E-state index in [0.717, 1.165) is 25.0 Å². The van der Waals surface area contributed by atoms with Crippen LogP contribution in [0.1, 0.15) is 46.9 Å². The van der Waals surface area contributed by atoms with Crippen molar-refractivity contribution in [2.75, 3.05) is 13.2 Å². The van der Waals surface area contributed by atoms with E-state index in [1.807, 2.05) is 0 Å². The molecule has 0 spiro atoms. The van der Waals surface area contributed by atoms with E-state index in [1.54, 1.807) is 19.9 Å². The maximum atomic E-state index is 14.5. The molecule has 0 radical (unpaired) electrons. The molecular weight excluding hydrogens is 554 g/mol. The van der Waals surface area contributed by atoms with Crippen LogP contribution in [0.25, 0.3) is 11.3 Å². The lowest BCUT2D eigenvalue weighted by atomic mass is 9.89. The summed E-state index contributed by atoms with van der Waals surface area (Å²) in [6.45, 7) is 1.96. The fourth-order valence-corrected chi connectivity index (χ4v) is 4.57. The molecule has 2 unspecified atom stereocenters. The Morgan fingerprint density at radius 1 is 1.25 bits per heavy atom. The number of nitrogens with one attached hydrogen (secondary N) is 1. The molecule has 212 valence electrons. The summed E-state index contributed by atoms with van der Waals surface area (Å²) in [6, 6.07) is 9.04. The highest BCUT2D eigenvalue weighted by atomic mass is 35.5. The number of benzene rings is 2. The molecule has 7 nitrogen and oxygen atoms in total. The molecule has 0 bridgehead atoms. The van der Waals surface area contributed by atoms with Crippen molar-refractivity contribution in [1.29, 1.82) is 0 Å². The smallest absolute Gasteiger partial charge is 0.424 e. The SMILES string of the molecule is Cc1cc(C(=O)NCC(O)(c2cc3c(c(-c4ccc(F)c(Cl)c4)n2)OCC3(C)N)C(F)(F)F)ccc1OC1CC1. The molecule has 1 fully saturated rings. The number of rotatable bonds is 7. The van der Waals surface area contributed by atoms with Gasteiger partial charge in [0.25, 0.3) is 5.91 Å². The van der Waals surface area contributed by atoms with Crippen LogP contribution in [0.4, 0.5) is 17.6 Å². The standard InChI is InChI=1S/C28H26ClF4N3O4/c1-14-9-16(4-8-21(14)40-17-5-6-17)25(37)35-12-27(38,28(31,32)33)22-11-18-24(39-13-26(18,2)34)23(36-22)15-3-7-20(30)19(29)10-15/h3-4,7-11,17,38H,5-6,12-13,34H2,1-2H3,(H,35,37). The molecule has 1 saturated carbocycles. The number of ether oxygens (including phenoxy) is 2. The zero-order valence-electron chi connectivity index (χ0n) is 21.5.